The highest BCUT2D eigenvalue weighted by atomic mass is 79.9. The van der Waals surface area contributed by atoms with Gasteiger partial charge < -0.3 is 10.0 Å². The van der Waals surface area contributed by atoms with E-state index in [1.807, 2.05) is 24.1 Å². The molecule has 0 saturated carbocycles. The first-order valence-electron chi connectivity index (χ1n) is 5.11. The number of sulfone groups is 1. The van der Waals surface area contributed by atoms with Gasteiger partial charge in [0.1, 0.15) is 15.6 Å². The highest BCUT2D eigenvalue weighted by Crippen LogP contribution is 2.24. The molecule has 1 rings (SSSR count). The molecular weight excluding hydrogens is 306 g/mol. The largest absolute Gasteiger partial charge is 0.507 e. The number of hydrogen-bond acceptors (Lipinski definition) is 4. The second-order valence-corrected chi connectivity index (χ2v) is 7.27. The third kappa shape index (κ3) is 5.52. The number of phenolic OH excluding ortho intramolecular Hbond substituents is 1. The number of benzene rings is 1. The van der Waals surface area contributed by atoms with Gasteiger partial charge >= 0.3 is 0 Å². The average molecular weight is 322 g/mol. The van der Waals surface area contributed by atoms with Gasteiger partial charge in [-0.05, 0) is 40.7 Å². The van der Waals surface area contributed by atoms with Gasteiger partial charge in [0.25, 0.3) is 0 Å². The van der Waals surface area contributed by atoms with Gasteiger partial charge in [0.2, 0.25) is 0 Å². The zero-order chi connectivity index (χ0) is 13.1. The smallest absolute Gasteiger partial charge is 0.148 e. The molecule has 0 atom stereocenters. The summed E-state index contributed by atoms with van der Waals surface area (Å²) in [5, 5.41) is 9.35. The summed E-state index contributed by atoms with van der Waals surface area (Å²) in [6.45, 7) is 1.14. The van der Waals surface area contributed by atoms with Crippen molar-refractivity contribution in [1.29, 1.82) is 0 Å². The van der Waals surface area contributed by atoms with E-state index >= 15 is 0 Å². The van der Waals surface area contributed by atoms with Gasteiger partial charge in [-0.3, -0.25) is 0 Å². The Hall–Kier alpha value is -0.590. The van der Waals surface area contributed by atoms with E-state index in [1.54, 1.807) is 6.07 Å². The van der Waals surface area contributed by atoms with Crippen LogP contribution in [0.2, 0.25) is 0 Å². The van der Waals surface area contributed by atoms with Gasteiger partial charge in [-0.2, -0.15) is 0 Å². The maximum Gasteiger partial charge on any atom is 0.148 e. The monoisotopic (exact) mass is 321 g/mol. The third-order valence-corrected chi connectivity index (χ3v) is 3.87. The van der Waals surface area contributed by atoms with E-state index in [2.05, 4.69) is 15.9 Å². The first kappa shape index (κ1) is 14.5. The van der Waals surface area contributed by atoms with Crippen LogP contribution in [0.15, 0.2) is 22.7 Å². The Balaban J connectivity index is 2.56. The third-order valence-electron chi connectivity index (χ3n) is 2.31. The van der Waals surface area contributed by atoms with E-state index in [1.165, 1.54) is 6.26 Å². The minimum absolute atomic E-state index is 0.156. The highest BCUT2D eigenvalue weighted by molar-refractivity contribution is 9.10. The summed E-state index contributed by atoms with van der Waals surface area (Å²) in [4.78, 5) is 1.93. The standard InChI is InChI=1S/C11H16BrNO3S/c1-13(5-6-17(2,15)16)8-9-3-4-11(14)10(12)7-9/h3-4,7,14H,5-6,8H2,1-2H3. The highest BCUT2D eigenvalue weighted by Gasteiger charge is 2.07. The van der Waals surface area contributed by atoms with Crippen LogP contribution in [0.4, 0.5) is 0 Å². The fourth-order valence-corrected chi connectivity index (χ4v) is 2.43. The minimum atomic E-state index is -2.92. The van der Waals surface area contributed by atoms with Crippen molar-refractivity contribution >= 4 is 25.8 Å². The molecule has 1 aromatic rings. The van der Waals surface area contributed by atoms with Crippen molar-refractivity contribution in [3.05, 3.63) is 28.2 Å². The lowest BCUT2D eigenvalue weighted by Gasteiger charge is -2.16. The zero-order valence-electron chi connectivity index (χ0n) is 9.85. The summed E-state index contributed by atoms with van der Waals surface area (Å²) in [6, 6.07) is 5.26. The molecule has 0 aliphatic heterocycles. The summed E-state index contributed by atoms with van der Waals surface area (Å²) in [6.07, 6.45) is 1.23. The van der Waals surface area contributed by atoms with Crippen molar-refractivity contribution in [1.82, 2.24) is 4.90 Å². The van der Waals surface area contributed by atoms with Gasteiger partial charge in [-0.25, -0.2) is 8.42 Å². The van der Waals surface area contributed by atoms with Gasteiger partial charge in [-0.15, -0.1) is 0 Å². The van der Waals surface area contributed by atoms with E-state index in [4.69, 9.17) is 0 Å². The Morgan fingerprint density at radius 3 is 2.59 bits per heavy atom. The summed E-state index contributed by atoms with van der Waals surface area (Å²) in [5.74, 6) is 0.357. The van der Waals surface area contributed by atoms with E-state index < -0.39 is 9.84 Å². The van der Waals surface area contributed by atoms with Crippen LogP contribution >= 0.6 is 15.9 Å². The number of aromatic hydroxyl groups is 1. The van der Waals surface area contributed by atoms with E-state index in [9.17, 15) is 13.5 Å². The molecule has 0 aromatic heterocycles. The molecule has 0 spiro atoms. The van der Waals surface area contributed by atoms with E-state index in [0.717, 1.165) is 5.56 Å². The lowest BCUT2D eigenvalue weighted by atomic mass is 10.2. The van der Waals surface area contributed by atoms with Crippen LogP contribution in [0.3, 0.4) is 0 Å². The summed E-state index contributed by atoms with van der Waals surface area (Å²) >= 11 is 3.24. The Morgan fingerprint density at radius 1 is 1.41 bits per heavy atom. The lowest BCUT2D eigenvalue weighted by molar-refractivity contribution is 0.346. The molecule has 6 heteroatoms. The molecule has 0 radical (unpaired) electrons. The minimum Gasteiger partial charge on any atom is -0.507 e. The Morgan fingerprint density at radius 2 is 2.06 bits per heavy atom. The number of rotatable bonds is 5. The molecule has 0 fully saturated rings. The fraction of sp³-hybridized carbons (Fsp3) is 0.455. The van der Waals surface area contributed by atoms with Crippen LogP contribution in [0, 0.1) is 0 Å². The quantitative estimate of drug-likeness (QED) is 0.895. The molecule has 17 heavy (non-hydrogen) atoms. The van der Waals surface area contributed by atoms with Crippen LogP contribution in [-0.4, -0.2) is 44.0 Å². The molecule has 0 amide bonds. The van der Waals surface area contributed by atoms with Gasteiger partial charge in [0.15, 0.2) is 0 Å². The first-order valence-corrected chi connectivity index (χ1v) is 7.97. The van der Waals surface area contributed by atoms with Gasteiger partial charge in [0, 0.05) is 19.3 Å². The number of nitrogens with zero attached hydrogens (tertiary/aromatic N) is 1. The number of phenols is 1. The van der Waals surface area contributed by atoms with Crippen molar-refractivity contribution in [3.63, 3.8) is 0 Å². The Kier molecular flexibility index (Phi) is 4.97. The Bertz CT molecular complexity index is 487. The molecule has 1 aromatic carbocycles. The maximum absolute atomic E-state index is 11.0. The first-order chi connectivity index (χ1) is 7.78. The second-order valence-electron chi connectivity index (χ2n) is 4.15. The SMILES string of the molecule is CN(CCS(C)(=O)=O)Cc1ccc(O)c(Br)c1. The van der Waals surface area contributed by atoms with Crippen molar-refractivity contribution in [2.75, 3.05) is 25.6 Å². The van der Waals surface area contributed by atoms with Crippen molar-refractivity contribution in [2.24, 2.45) is 0 Å². The summed E-state index contributed by atoms with van der Waals surface area (Å²) in [7, 11) is -1.05. The van der Waals surface area contributed by atoms with Crippen LogP contribution in [-0.2, 0) is 16.4 Å². The van der Waals surface area contributed by atoms with E-state index in [-0.39, 0.29) is 11.5 Å². The van der Waals surface area contributed by atoms with Gasteiger partial charge in [-0.1, -0.05) is 6.07 Å². The molecule has 0 aliphatic rings. The van der Waals surface area contributed by atoms with Crippen molar-refractivity contribution in [3.8, 4) is 5.75 Å². The molecular formula is C11H16BrNO3S. The zero-order valence-corrected chi connectivity index (χ0v) is 12.3. The molecule has 0 aliphatic carbocycles. The average Bonchev–Trinajstić information content (AvgIpc) is 2.20. The molecule has 0 saturated heterocycles. The molecule has 96 valence electrons. The van der Waals surface area contributed by atoms with Crippen LogP contribution < -0.4 is 0 Å². The molecule has 4 nitrogen and oxygen atoms in total. The van der Waals surface area contributed by atoms with Crippen LogP contribution in [0.5, 0.6) is 5.75 Å². The molecule has 0 bridgehead atoms. The predicted octanol–water partition coefficient (Wildman–Crippen LogP) is 1.63. The lowest BCUT2D eigenvalue weighted by Crippen LogP contribution is -2.24. The normalized spacial score (nSPS) is 12.0. The second kappa shape index (κ2) is 5.84. The van der Waals surface area contributed by atoms with E-state index in [0.29, 0.717) is 17.6 Å². The molecule has 1 N–H and O–H groups in total. The van der Waals surface area contributed by atoms with Crippen LogP contribution in [0.1, 0.15) is 5.56 Å². The van der Waals surface area contributed by atoms with Crippen molar-refractivity contribution < 1.29 is 13.5 Å². The molecule has 0 unspecified atom stereocenters. The molecule has 0 heterocycles. The maximum atomic E-state index is 11.0. The Labute approximate surface area is 110 Å². The van der Waals surface area contributed by atoms with Crippen LogP contribution in [0.25, 0.3) is 0 Å². The summed E-state index contributed by atoms with van der Waals surface area (Å²) in [5.41, 5.74) is 1.02. The van der Waals surface area contributed by atoms with Crippen molar-refractivity contribution in [2.45, 2.75) is 6.54 Å². The number of halogens is 1. The van der Waals surface area contributed by atoms with Gasteiger partial charge in [0.05, 0.1) is 10.2 Å². The number of hydrogen-bond donors (Lipinski definition) is 1. The fourth-order valence-electron chi connectivity index (χ4n) is 1.36. The summed E-state index contributed by atoms with van der Waals surface area (Å²) < 4.78 is 22.7. The topological polar surface area (TPSA) is 57.6 Å². The predicted molar refractivity (Wildman–Crippen MR) is 71.9 cm³/mol.